The molecule has 0 fully saturated rings. The second-order valence-corrected chi connectivity index (χ2v) is 9.62. The van der Waals surface area contributed by atoms with E-state index in [1.165, 1.54) is 23.1 Å². The molecule has 3 N–H and O–H groups in total. The smallest absolute Gasteiger partial charge is 0.251 e. The number of primary amides is 1. The molecule has 0 saturated carbocycles. The molecular weight excluding hydrogens is 420 g/mol. The molecule has 2 amide bonds. The summed E-state index contributed by atoms with van der Waals surface area (Å²) in [6.07, 6.45) is 2.80. The van der Waals surface area contributed by atoms with Gasteiger partial charge < -0.3 is 20.4 Å². The summed E-state index contributed by atoms with van der Waals surface area (Å²) in [6.45, 7) is 3.04. The zero-order valence-electron chi connectivity index (χ0n) is 16.9. The molecule has 1 aromatic carbocycles. The third-order valence-electron chi connectivity index (χ3n) is 5.19. The molecule has 158 valence electrons. The van der Waals surface area contributed by atoms with E-state index in [9.17, 15) is 9.59 Å². The number of thiophene rings is 1. The van der Waals surface area contributed by atoms with Gasteiger partial charge in [-0.1, -0.05) is 23.9 Å². The number of aromatic nitrogens is 2. The highest BCUT2D eigenvalue weighted by atomic mass is 32.2. The number of carbonyl (C=O) groups excluding carboxylic acids is 2. The molecule has 3 aromatic rings. The fraction of sp³-hybridized carbons (Fsp3) is 0.381. The van der Waals surface area contributed by atoms with Crippen LogP contribution in [0.15, 0.2) is 29.4 Å². The molecule has 2 heterocycles. The lowest BCUT2D eigenvalue weighted by molar-refractivity contribution is -0.115. The molecule has 0 saturated heterocycles. The Balaban J connectivity index is 1.54. The van der Waals surface area contributed by atoms with Crippen molar-refractivity contribution in [2.24, 2.45) is 5.73 Å². The number of carbonyl (C=O) groups is 2. The largest absolute Gasteiger partial charge is 0.383 e. The Hall–Kier alpha value is -2.36. The van der Waals surface area contributed by atoms with Crippen molar-refractivity contribution in [1.29, 1.82) is 0 Å². The molecule has 0 aliphatic heterocycles. The highest BCUT2D eigenvalue weighted by molar-refractivity contribution is 8.00. The molecule has 0 spiro atoms. The van der Waals surface area contributed by atoms with E-state index in [1.807, 2.05) is 31.2 Å². The van der Waals surface area contributed by atoms with Gasteiger partial charge in [0.05, 0.1) is 28.5 Å². The fourth-order valence-electron chi connectivity index (χ4n) is 3.72. The summed E-state index contributed by atoms with van der Waals surface area (Å²) in [5, 5.41) is 3.86. The second kappa shape index (κ2) is 8.79. The van der Waals surface area contributed by atoms with Crippen LogP contribution >= 0.6 is 23.1 Å². The van der Waals surface area contributed by atoms with Gasteiger partial charge in [-0.15, -0.1) is 11.3 Å². The number of ether oxygens (including phenoxy) is 1. The van der Waals surface area contributed by atoms with Gasteiger partial charge in [0.15, 0.2) is 5.16 Å². The predicted octanol–water partition coefficient (Wildman–Crippen LogP) is 3.45. The van der Waals surface area contributed by atoms with Gasteiger partial charge in [-0.25, -0.2) is 4.98 Å². The predicted molar refractivity (Wildman–Crippen MR) is 120 cm³/mol. The van der Waals surface area contributed by atoms with Crippen LogP contribution in [0.4, 0.5) is 5.00 Å². The van der Waals surface area contributed by atoms with Crippen LogP contribution in [0.5, 0.6) is 0 Å². The van der Waals surface area contributed by atoms with Gasteiger partial charge in [-0.2, -0.15) is 0 Å². The molecule has 0 bridgehead atoms. The van der Waals surface area contributed by atoms with Crippen molar-refractivity contribution in [3.63, 3.8) is 0 Å². The van der Waals surface area contributed by atoms with E-state index in [0.29, 0.717) is 23.7 Å². The SMILES string of the molecule is COCCn1c(S[C@@H](C)C(=O)Nc2sc3c(c2C(N)=O)CCC3)nc2ccccc21. The number of amides is 2. The number of hydrogen-bond acceptors (Lipinski definition) is 6. The van der Waals surface area contributed by atoms with Crippen LogP contribution in [-0.2, 0) is 28.9 Å². The molecule has 1 aliphatic rings. The van der Waals surface area contributed by atoms with E-state index >= 15 is 0 Å². The number of hydrogen-bond donors (Lipinski definition) is 2. The molecule has 2 aromatic heterocycles. The first-order chi connectivity index (χ1) is 14.5. The van der Waals surface area contributed by atoms with Crippen molar-refractivity contribution in [2.45, 2.75) is 43.1 Å². The molecule has 1 aliphatic carbocycles. The van der Waals surface area contributed by atoms with Gasteiger partial charge in [0.1, 0.15) is 5.00 Å². The molecule has 30 heavy (non-hydrogen) atoms. The van der Waals surface area contributed by atoms with E-state index in [0.717, 1.165) is 45.9 Å². The number of aryl methyl sites for hydroxylation is 1. The molecule has 9 heteroatoms. The Morgan fingerprint density at radius 1 is 1.37 bits per heavy atom. The Bertz CT molecular complexity index is 1110. The number of thioether (sulfide) groups is 1. The number of imidazole rings is 1. The highest BCUT2D eigenvalue weighted by Gasteiger charge is 2.27. The minimum Gasteiger partial charge on any atom is -0.383 e. The topological polar surface area (TPSA) is 99.2 Å². The molecule has 0 radical (unpaired) electrons. The first-order valence-electron chi connectivity index (χ1n) is 9.85. The number of nitrogens with two attached hydrogens (primary N) is 1. The summed E-state index contributed by atoms with van der Waals surface area (Å²) in [5.74, 6) is -0.654. The number of methoxy groups -OCH3 is 1. The van der Waals surface area contributed by atoms with Crippen molar-refractivity contribution in [3.8, 4) is 0 Å². The zero-order chi connectivity index (χ0) is 21.3. The van der Waals surface area contributed by atoms with Crippen molar-refractivity contribution in [1.82, 2.24) is 9.55 Å². The monoisotopic (exact) mass is 444 g/mol. The van der Waals surface area contributed by atoms with Crippen molar-refractivity contribution < 1.29 is 14.3 Å². The maximum atomic E-state index is 12.9. The lowest BCUT2D eigenvalue weighted by atomic mass is 10.1. The third-order valence-corrected chi connectivity index (χ3v) is 7.49. The van der Waals surface area contributed by atoms with Crippen molar-refractivity contribution in [2.75, 3.05) is 19.0 Å². The van der Waals surface area contributed by atoms with Gasteiger partial charge >= 0.3 is 0 Å². The van der Waals surface area contributed by atoms with Gasteiger partial charge in [0, 0.05) is 18.5 Å². The Labute approximate surface area is 183 Å². The Morgan fingerprint density at radius 3 is 2.93 bits per heavy atom. The van der Waals surface area contributed by atoms with Crippen LogP contribution < -0.4 is 11.1 Å². The number of anilines is 1. The first-order valence-corrected chi connectivity index (χ1v) is 11.5. The minimum atomic E-state index is -0.480. The number of para-hydroxylation sites is 2. The Kier molecular flexibility index (Phi) is 6.12. The molecule has 1 atom stereocenters. The van der Waals surface area contributed by atoms with Crippen LogP contribution in [0.1, 0.15) is 34.1 Å². The van der Waals surface area contributed by atoms with Gasteiger partial charge in [-0.05, 0) is 43.9 Å². The normalized spacial score (nSPS) is 14.1. The van der Waals surface area contributed by atoms with Gasteiger partial charge in [0.25, 0.3) is 5.91 Å². The summed E-state index contributed by atoms with van der Waals surface area (Å²) < 4.78 is 7.31. The average molecular weight is 445 g/mol. The van der Waals surface area contributed by atoms with Crippen molar-refractivity contribution in [3.05, 3.63) is 40.3 Å². The van der Waals surface area contributed by atoms with Crippen LogP contribution in [0, 0.1) is 0 Å². The van der Waals surface area contributed by atoms with E-state index < -0.39 is 11.2 Å². The first kappa shape index (κ1) is 20.9. The van der Waals surface area contributed by atoms with Crippen LogP contribution in [0.25, 0.3) is 11.0 Å². The summed E-state index contributed by atoms with van der Waals surface area (Å²) in [4.78, 5) is 30.8. The van der Waals surface area contributed by atoms with Crippen molar-refractivity contribution >= 4 is 50.9 Å². The standard InChI is InChI=1S/C21H24N4O3S2/c1-12(19(27)24-20-17(18(22)26)13-6-5-9-16(13)30-20)29-21-23-14-7-3-4-8-15(14)25(21)10-11-28-2/h3-4,7-8,12H,5-6,9-11H2,1-2H3,(H2,22,26)(H,24,27)/t12-/m0/s1. The maximum Gasteiger partial charge on any atom is 0.251 e. The second-order valence-electron chi connectivity index (χ2n) is 7.20. The highest BCUT2D eigenvalue weighted by Crippen LogP contribution is 2.39. The fourth-order valence-corrected chi connectivity index (χ4v) is 5.97. The summed E-state index contributed by atoms with van der Waals surface area (Å²) in [7, 11) is 1.66. The lowest BCUT2D eigenvalue weighted by Crippen LogP contribution is -2.24. The number of nitrogens with zero attached hydrogens (tertiary/aromatic N) is 2. The van der Waals surface area contributed by atoms with E-state index in [1.54, 1.807) is 7.11 Å². The minimum absolute atomic E-state index is 0.173. The maximum absolute atomic E-state index is 12.9. The molecule has 0 unspecified atom stereocenters. The molecule has 4 rings (SSSR count). The van der Waals surface area contributed by atoms with Crippen LogP contribution in [0.3, 0.4) is 0 Å². The third kappa shape index (κ3) is 3.97. The van der Waals surface area contributed by atoms with E-state index in [2.05, 4.69) is 9.88 Å². The average Bonchev–Trinajstić information content (AvgIpc) is 3.38. The molecule has 7 nitrogen and oxygen atoms in total. The quantitative estimate of drug-likeness (QED) is 0.519. The lowest BCUT2D eigenvalue weighted by Gasteiger charge is -2.13. The van der Waals surface area contributed by atoms with Crippen LogP contribution in [0.2, 0.25) is 0 Å². The number of rotatable bonds is 8. The van der Waals surface area contributed by atoms with E-state index in [-0.39, 0.29) is 5.91 Å². The van der Waals surface area contributed by atoms with Crippen LogP contribution in [-0.4, -0.2) is 40.3 Å². The number of nitrogens with one attached hydrogen (secondary N) is 1. The number of benzene rings is 1. The van der Waals surface area contributed by atoms with Gasteiger partial charge in [0.2, 0.25) is 5.91 Å². The van der Waals surface area contributed by atoms with E-state index in [4.69, 9.17) is 15.5 Å². The summed E-state index contributed by atoms with van der Waals surface area (Å²) >= 11 is 2.86. The number of fused-ring (bicyclic) bond motifs is 2. The Morgan fingerprint density at radius 2 is 2.17 bits per heavy atom. The molecular formula is C21H24N4O3S2. The zero-order valence-corrected chi connectivity index (χ0v) is 18.6. The van der Waals surface area contributed by atoms with Gasteiger partial charge in [-0.3, -0.25) is 9.59 Å². The summed E-state index contributed by atoms with van der Waals surface area (Å²) in [6, 6.07) is 7.89. The summed E-state index contributed by atoms with van der Waals surface area (Å²) in [5.41, 5.74) is 8.98.